The molecule has 1 aromatic heterocycles. The van der Waals surface area contributed by atoms with Gasteiger partial charge in [-0.3, -0.25) is 4.79 Å². The normalized spacial score (nSPS) is 10.8. The van der Waals surface area contributed by atoms with Gasteiger partial charge in [0, 0.05) is 22.7 Å². The lowest BCUT2D eigenvalue weighted by Crippen LogP contribution is -2.13. The smallest absolute Gasteiger partial charge is 0.256 e. The highest BCUT2D eigenvalue weighted by molar-refractivity contribution is 6.13. The Morgan fingerprint density at radius 3 is 2.60 bits per heavy atom. The van der Waals surface area contributed by atoms with Crippen molar-refractivity contribution in [3.63, 3.8) is 0 Å². The van der Waals surface area contributed by atoms with E-state index in [0.717, 1.165) is 17.7 Å². The Morgan fingerprint density at radius 2 is 1.80 bits per heavy atom. The van der Waals surface area contributed by atoms with Gasteiger partial charge in [0.1, 0.15) is 5.75 Å². The monoisotopic (exact) mass is 404 g/mol. The summed E-state index contributed by atoms with van der Waals surface area (Å²) in [4.78, 5) is 17.7. The maximum atomic E-state index is 13.5. The predicted molar refractivity (Wildman–Crippen MR) is 113 cm³/mol. The summed E-state index contributed by atoms with van der Waals surface area (Å²) < 4.78 is 32.3. The lowest BCUT2D eigenvalue weighted by molar-refractivity contribution is 0.102. The van der Waals surface area contributed by atoms with Gasteiger partial charge in [-0.2, -0.15) is 0 Å². The van der Waals surface area contributed by atoms with Crippen LogP contribution in [0.2, 0.25) is 0 Å². The van der Waals surface area contributed by atoms with Crippen LogP contribution in [-0.2, 0) is 0 Å². The van der Waals surface area contributed by atoms with Crippen molar-refractivity contribution in [1.29, 1.82) is 0 Å². The first kappa shape index (κ1) is 19.5. The second-order valence-electron chi connectivity index (χ2n) is 6.62. The number of halogens is 2. The number of para-hydroxylation sites is 1. The van der Waals surface area contributed by atoms with Crippen LogP contribution < -0.4 is 10.1 Å². The van der Waals surface area contributed by atoms with Gasteiger partial charge in [-0.1, -0.05) is 30.3 Å². The Hall–Kier alpha value is -3.80. The molecule has 0 radical (unpaired) electrons. The zero-order valence-electron chi connectivity index (χ0n) is 16.2. The van der Waals surface area contributed by atoms with Crippen molar-refractivity contribution in [2.45, 2.75) is 6.92 Å². The van der Waals surface area contributed by atoms with E-state index in [1.54, 1.807) is 12.1 Å². The summed E-state index contributed by atoms with van der Waals surface area (Å²) in [7, 11) is 0. The number of benzene rings is 3. The van der Waals surface area contributed by atoms with E-state index < -0.39 is 17.5 Å². The molecule has 4 aromatic rings. The molecule has 1 heterocycles. The van der Waals surface area contributed by atoms with Crippen LogP contribution in [0.1, 0.15) is 17.3 Å². The molecular weight excluding hydrogens is 386 g/mol. The van der Waals surface area contributed by atoms with Crippen LogP contribution >= 0.6 is 0 Å². The van der Waals surface area contributed by atoms with Crippen molar-refractivity contribution in [1.82, 2.24) is 4.98 Å². The molecule has 0 spiro atoms. The Morgan fingerprint density at radius 1 is 0.967 bits per heavy atom. The Kier molecular flexibility index (Phi) is 5.39. The van der Waals surface area contributed by atoms with Gasteiger partial charge in [0.25, 0.3) is 5.91 Å². The number of carbonyl (C=O) groups is 1. The van der Waals surface area contributed by atoms with Crippen LogP contribution in [0, 0.1) is 11.6 Å². The summed E-state index contributed by atoms with van der Waals surface area (Å²) in [6, 6.07) is 19.6. The number of fused-ring (bicyclic) bond motifs is 1. The van der Waals surface area contributed by atoms with Crippen LogP contribution in [0.15, 0.2) is 72.8 Å². The van der Waals surface area contributed by atoms with Gasteiger partial charge < -0.3 is 10.1 Å². The van der Waals surface area contributed by atoms with E-state index in [1.807, 2.05) is 49.4 Å². The number of ether oxygens (including phenoxy) is 1. The average molecular weight is 404 g/mol. The summed E-state index contributed by atoms with van der Waals surface area (Å²) in [5.74, 6) is -1.74. The second kappa shape index (κ2) is 8.29. The Bertz CT molecular complexity index is 1240. The third-order valence-electron chi connectivity index (χ3n) is 4.58. The highest BCUT2D eigenvalue weighted by Crippen LogP contribution is 2.28. The van der Waals surface area contributed by atoms with E-state index in [2.05, 4.69) is 10.3 Å². The number of anilines is 1. The predicted octanol–water partition coefficient (Wildman–Crippen LogP) is 5.83. The van der Waals surface area contributed by atoms with Crippen molar-refractivity contribution in [2.24, 2.45) is 0 Å². The van der Waals surface area contributed by atoms with Crippen molar-refractivity contribution >= 4 is 22.5 Å². The standard InChI is InChI=1S/C24H18F2N2O2/c1-2-30-17-7-5-6-15(12-17)23-14-19(18-8-3-4-9-22(18)28-23)24(29)27-16-10-11-20(25)21(26)13-16/h3-14H,2H2,1H3,(H,27,29). The van der Waals surface area contributed by atoms with Crippen LogP contribution in [-0.4, -0.2) is 17.5 Å². The molecular formula is C24H18F2N2O2. The SMILES string of the molecule is CCOc1cccc(-c2cc(C(=O)Nc3ccc(F)c(F)c3)c3ccccc3n2)c1. The van der Waals surface area contributed by atoms with E-state index >= 15 is 0 Å². The van der Waals surface area contributed by atoms with Gasteiger partial charge in [0.15, 0.2) is 11.6 Å². The first-order valence-corrected chi connectivity index (χ1v) is 9.44. The number of carbonyl (C=O) groups excluding carboxylic acids is 1. The molecule has 0 unspecified atom stereocenters. The minimum Gasteiger partial charge on any atom is -0.494 e. The third-order valence-corrected chi connectivity index (χ3v) is 4.58. The molecule has 0 aliphatic heterocycles. The molecule has 0 fully saturated rings. The Labute approximate surface area is 172 Å². The quantitative estimate of drug-likeness (QED) is 0.455. The molecule has 0 bridgehead atoms. The summed E-state index contributed by atoms with van der Waals surface area (Å²) in [5.41, 5.74) is 2.59. The number of amides is 1. The van der Waals surface area contributed by atoms with Crippen LogP contribution in [0.5, 0.6) is 5.75 Å². The van der Waals surface area contributed by atoms with E-state index in [-0.39, 0.29) is 5.69 Å². The van der Waals surface area contributed by atoms with Gasteiger partial charge in [-0.25, -0.2) is 13.8 Å². The molecule has 0 aliphatic carbocycles. The van der Waals surface area contributed by atoms with Gasteiger partial charge in [0.2, 0.25) is 0 Å². The summed E-state index contributed by atoms with van der Waals surface area (Å²) >= 11 is 0. The topological polar surface area (TPSA) is 51.2 Å². The van der Waals surface area contributed by atoms with E-state index in [1.165, 1.54) is 6.07 Å². The lowest BCUT2D eigenvalue weighted by atomic mass is 10.0. The fourth-order valence-electron chi connectivity index (χ4n) is 3.20. The molecule has 1 amide bonds. The van der Waals surface area contributed by atoms with Crippen LogP contribution in [0.4, 0.5) is 14.5 Å². The maximum absolute atomic E-state index is 13.5. The van der Waals surface area contributed by atoms with Crippen molar-refractivity contribution < 1.29 is 18.3 Å². The molecule has 3 aromatic carbocycles. The number of aromatic nitrogens is 1. The third kappa shape index (κ3) is 3.98. The first-order valence-electron chi connectivity index (χ1n) is 9.44. The fraction of sp³-hybridized carbons (Fsp3) is 0.0833. The Balaban J connectivity index is 1.77. The highest BCUT2D eigenvalue weighted by atomic mass is 19.2. The molecule has 0 saturated carbocycles. The van der Waals surface area contributed by atoms with Crippen LogP contribution in [0.25, 0.3) is 22.2 Å². The number of rotatable bonds is 5. The van der Waals surface area contributed by atoms with E-state index in [9.17, 15) is 13.6 Å². The fourth-order valence-corrected chi connectivity index (χ4v) is 3.20. The number of nitrogens with zero attached hydrogens (tertiary/aromatic N) is 1. The number of pyridine rings is 1. The van der Waals surface area contributed by atoms with Gasteiger partial charge in [-0.15, -0.1) is 0 Å². The van der Waals surface area contributed by atoms with Crippen molar-refractivity contribution in [3.8, 4) is 17.0 Å². The molecule has 0 saturated heterocycles. The largest absolute Gasteiger partial charge is 0.494 e. The van der Waals surface area contributed by atoms with Gasteiger partial charge in [0.05, 0.1) is 23.4 Å². The number of nitrogens with one attached hydrogen (secondary N) is 1. The minimum absolute atomic E-state index is 0.166. The van der Waals surface area contributed by atoms with Gasteiger partial charge >= 0.3 is 0 Å². The zero-order chi connectivity index (χ0) is 21.1. The van der Waals surface area contributed by atoms with Gasteiger partial charge in [-0.05, 0) is 43.3 Å². The van der Waals surface area contributed by atoms with E-state index in [4.69, 9.17) is 4.74 Å². The molecule has 6 heteroatoms. The molecule has 4 rings (SSSR count). The average Bonchev–Trinajstić information content (AvgIpc) is 2.76. The number of hydrogen-bond donors (Lipinski definition) is 1. The van der Waals surface area contributed by atoms with Crippen molar-refractivity contribution in [2.75, 3.05) is 11.9 Å². The summed E-state index contributed by atoms with van der Waals surface area (Å²) in [5, 5.41) is 3.29. The van der Waals surface area contributed by atoms with Crippen molar-refractivity contribution in [3.05, 3.63) is 90.0 Å². The molecule has 0 aliphatic rings. The minimum atomic E-state index is -1.03. The molecule has 0 atom stereocenters. The molecule has 1 N–H and O–H groups in total. The molecule has 30 heavy (non-hydrogen) atoms. The highest BCUT2D eigenvalue weighted by Gasteiger charge is 2.15. The maximum Gasteiger partial charge on any atom is 0.256 e. The summed E-state index contributed by atoms with van der Waals surface area (Å²) in [6.45, 7) is 2.44. The second-order valence-corrected chi connectivity index (χ2v) is 6.62. The molecule has 4 nitrogen and oxygen atoms in total. The van der Waals surface area contributed by atoms with Crippen LogP contribution in [0.3, 0.4) is 0 Å². The zero-order valence-corrected chi connectivity index (χ0v) is 16.2. The lowest BCUT2D eigenvalue weighted by Gasteiger charge is -2.12. The van der Waals surface area contributed by atoms with E-state index in [0.29, 0.717) is 34.5 Å². The molecule has 150 valence electrons. The number of hydrogen-bond acceptors (Lipinski definition) is 3. The first-order chi connectivity index (χ1) is 14.5. The summed E-state index contributed by atoms with van der Waals surface area (Å²) in [6.07, 6.45) is 0.